The number of benzene rings is 2. The molecule has 2 aromatic rings. The second-order valence-electron chi connectivity index (χ2n) is 6.15. The molecule has 31 heavy (non-hydrogen) atoms. The molecule has 0 saturated heterocycles. The molecule has 0 saturated carbocycles. The number of hydrogen-bond acceptors (Lipinski definition) is 6. The maximum Gasteiger partial charge on any atom is 0.344 e. The smallest absolute Gasteiger partial charge is 0.344 e. The van der Waals surface area contributed by atoms with Crippen molar-refractivity contribution in [1.82, 2.24) is 0 Å². The summed E-state index contributed by atoms with van der Waals surface area (Å²) in [7, 11) is 1.44. The number of esters is 1. The lowest BCUT2D eigenvalue weighted by atomic mass is 10.1. The first-order valence-corrected chi connectivity index (χ1v) is 10.3. The van der Waals surface area contributed by atoms with Crippen LogP contribution in [0, 0.1) is 18.3 Å². The van der Waals surface area contributed by atoms with Gasteiger partial charge in [0.2, 0.25) is 0 Å². The molecule has 0 spiro atoms. The Labute approximate surface area is 193 Å². The van der Waals surface area contributed by atoms with E-state index < -0.39 is 11.9 Å². The van der Waals surface area contributed by atoms with Gasteiger partial charge in [0.25, 0.3) is 5.91 Å². The molecule has 0 aliphatic rings. The van der Waals surface area contributed by atoms with Gasteiger partial charge in [-0.05, 0) is 55.3 Å². The van der Waals surface area contributed by atoms with Crippen molar-refractivity contribution < 1.29 is 23.8 Å². The average Bonchev–Trinajstić information content (AvgIpc) is 2.74. The minimum atomic E-state index is -0.582. The molecule has 0 fully saturated rings. The zero-order valence-electron chi connectivity index (χ0n) is 17.1. The highest BCUT2D eigenvalue weighted by Crippen LogP contribution is 2.35. The molecule has 0 radical (unpaired) electrons. The molecule has 9 heteroatoms. The van der Waals surface area contributed by atoms with Crippen LogP contribution in [0.1, 0.15) is 18.1 Å². The number of carbonyl (C=O) groups excluding carboxylic acids is 2. The van der Waals surface area contributed by atoms with Gasteiger partial charge < -0.3 is 19.5 Å². The van der Waals surface area contributed by atoms with Gasteiger partial charge in [-0.1, -0.05) is 33.6 Å². The minimum absolute atomic E-state index is 0.123. The van der Waals surface area contributed by atoms with Gasteiger partial charge in [-0.25, -0.2) is 4.79 Å². The molecule has 0 atom stereocenters. The fourth-order valence-corrected chi connectivity index (χ4v) is 3.12. The van der Waals surface area contributed by atoms with Gasteiger partial charge in [-0.3, -0.25) is 4.79 Å². The van der Waals surface area contributed by atoms with E-state index in [2.05, 4.69) is 21.2 Å². The van der Waals surface area contributed by atoms with E-state index in [1.165, 1.54) is 13.2 Å². The molecule has 0 heterocycles. The quantitative estimate of drug-likeness (QED) is 0.310. The number of ether oxygens (including phenoxy) is 3. The van der Waals surface area contributed by atoms with Crippen LogP contribution in [0.5, 0.6) is 11.5 Å². The Kier molecular flexibility index (Phi) is 8.91. The van der Waals surface area contributed by atoms with Crippen LogP contribution in [-0.2, 0) is 14.3 Å². The highest BCUT2D eigenvalue weighted by molar-refractivity contribution is 9.10. The second kappa shape index (κ2) is 11.4. The van der Waals surface area contributed by atoms with Crippen LogP contribution in [0.3, 0.4) is 0 Å². The first-order valence-electron chi connectivity index (χ1n) is 9.14. The van der Waals surface area contributed by atoms with Gasteiger partial charge in [-0.15, -0.1) is 0 Å². The van der Waals surface area contributed by atoms with E-state index in [0.29, 0.717) is 37.8 Å². The molecular formula is C22H20BrClN2O5. The molecular weight excluding hydrogens is 488 g/mol. The van der Waals surface area contributed by atoms with Crippen LogP contribution in [0.15, 0.2) is 40.4 Å². The van der Waals surface area contributed by atoms with Crippen LogP contribution in [0.2, 0.25) is 5.02 Å². The van der Waals surface area contributed by atoms with Gasteiger partial charge in [0, 0.05) is 15.2 Å². The number of nitrogens with zero attached hydrogens (tertiary/aromatic N) is 1. The Hall–Kier alpha value is -3.02. The number of nitriles is 1. The number of carbonyl (C=O) groups is 2. The Morgan fingerprint density at radius 3 is 2.68 bits per heavy atom. The van der Waals surface area contributed by atoms with Crippen molar-refractivity contribution in [3.8, 4) is 17.6 Å². The van der Waals surface area contributed by atoms with Crippen LogP contribution >= 0.6 is 27.5 Å². The van der Waals surface area contributed by atoms with Crippen molar-refractivity contribution in [2.24, 2.45) is 0 Å². The summed E-state index contributed by atoms with van der Waals surface area (Å²) in [5.74, 6) is -0.468. The lowest BCUT2D eigenvalue weighted by Gasteiger charge is -2.13. The molecule has 2 rings (SSSR count). The summed E-state index contributed by atoms with van der Waals surface area (Å²) in [4.78, 5) is 24.1. The van der Waals surface area contributed by atoms with Gasteiger partial charge >= 0.3 is 5.97 Å². The summed E-state index contributed by atoms with van der Waals surface area (Å²) < 4.78 is 16.1. The maximum atomic E-state index is 12.6. The number of halogens is 2. The largest absolute Gasteiger partial charge is 0.493 e. The molecule has 0 bridgehead atoms. The predicted molar refractivity (Wildman–Crippen MR) is 121 cm³/mol. The van der Waals surface area contributed by atoms with Gasteiger partial charge in [0.1, 0.15) is 11.6 Å². The number of methoxy groups -OCH3 is 1. The SMILES string of the molecule is CCOC(=O)COc1cc(Br)c(/C=C(\C#N)C(=O)Nc2cccc(Cl)c2C)cc1OC. The highest BCUT2D eigenvalue weighted by Gasteiger charge is 2.15. The summed E-state index contributed by atoms with van der Waals surface area (Å²) in [5.41, 5.74) is 1.59. The average molecular weight is 508 g/mol. The van der Waals surface area contributed by atoms with Crippen molar-refractivity contribution >= 4 is 51.2 Å². The van der Waals surface area contributed by atoms with Crippen LogP contribution in [-0.4, -0.2) is 32.2 Å². The lowest BCUT2D eigenvalue weighted by molar-refractivity contribution is -0.145. The van der Waals surface area contributed by atoms with Crippen LogP contribution in [0.25, 0.3) is 6.08 Å². The number of rotatable bonds is 8. The number of nitrogens with one attached hydrogen (secondary N) is 1. The predicted octanol–water partition coefficient (Wildman–Crippen LogP) is 4.91. The Morgan fingerprint density at radius 1 is 1.29 bits per heavy atom. The molecule has 2 aromatic carbocycles. The first kappa shape index (κ1) is 24.3. The van der Waals surface area contributed by atoms with Gasteiger partial charge in [-0.2, -0.15) is 5.26 Å². The monoisotopic (exact) mass is 506 g/mol. The zero-order valence-corrected chi connectivity index (χ0v) is 19.5. The third kappa shape index (κ3) is 6.48. The third-order valence-corrected chi connectivity index (χ3v) is 5.21. The normalized spacial score (nSPS) is 10.8. The molecule has 162 valence electrons. The van der Waals surface area contributed by atoms with Crippen LogP contribution in [0.4, 0.5) is 5.69 Å². The summed E-state index contributed by atoms with van der Waals surface area (Å²) in [6.45, 7) is 3.44. The topological polar surface area (TPSA) is 97.7 Å². The Morgan fingerprint density at radius 2 is 2.03 bits per heavy atom. The summed E-state index contributed by atoms with van der Waals surface area (Å²) in [5, 5.41) is 12.7. The highest BCUT2D eigenvalue weighted by atomic mass is 79.9. The third-order valence-electron chi connectivity index (χ3n) is 4.11. The number of amides is 1. The van der Waals surface area contributed by atoms with Crippen molar-refractivity contribution in [1.29, 1.82) is 5.26 Å². The molecule has 7 nitrogen and oxygen atoms in total. The van der Waals surface area contributed by atoms with E-state index in [1.807, 2.05) is 6.07 Å². The maximum absolute atomic E-state index is 12.6. The van der Waals surface area contributed by atoms with E-state index in [-0.39, 0.29) is 18.8 Å². The fourth-order valence-electron chi connectivity index (χ4n) is 2.51. The van der Waals surface area contributed by atoms with E-state index in [4.69, 9.17) is 25.8 Å². The molecule has 0 aliphatic heterocycles. The molecule has 1 N–H and O–H groups in total. The number of anilines is 1. The van der Waals surface area contributed by atoms with E-state index >= 15 is 0 Å². The Bertz CT molecular complexity index is 1060. The molecule has 1 amide bonds. The molecule has 0 unspecified atom stereocenters. The summed E-state index contributed by atoms with van der Waals surface area (Å²) >= 11 is 9.47. The van der Waals surface area contributed by atoms with E-state index in [0.717, 1.165) is 0 Å². The van der Waals surface area contributed by atoms with E-state index in [1.54, 1.807) is 44.2 Å². The molecule has 0 aliphatic carbocycles. The van der Waals surface area contributed by atoms with Crippen LogP contribution < -0.4 is 14.8 Å². The molecule has 0 aromatic heterocycles. The first-order chi connectivity index (χ1) is 14.8. The standard InChI is InChI=1S/C22H20BrClN2O5/c1-4-30-21(27)12-31-20-10-16(23)14(9-19(20)29-3)8-15(11-25)22(28)26-18-7-5-6-17(24)13(18)2/h5-10H,4,12H2,1-3H3,(H,26,28)/b15-8+. The van der Waals surface area contributed by atoms with Crippen molar-refractivity contribution in [3.63, 3.8) is 0 Å². The lowest BCUT2D eigenvalue weighted by Crippen LogP contribution is -2.15. The zero-order chi connectivity index (χ0) is 23.0. The van der Waals surface area contributed by atoms with Gasteiger partial charge in [0.05, 0.1) is 13.7 Å². The van der Waals surface area contributed by atoms with Crippen molar-refractivity contribution in [3.05, 3.63) is 56.5 Å². The summed E-state index contributed by atoms with van der Waals surface area (Å²) in [6.07, 6.45) is 1.41. The summed E-state index contributed by atoms with van der Waals surface area (Å²) in [6, 6.07) is 10.2. The second-order valence-corrected chi connectivity index (χ2v) is 7.42. The fraction of sp³-hybridized carbons (Fsp3) is 0.227. The van der Waals surface area contributed by atoms with Crippen molar-refractivity contribution in [2.45, 2.75) is 13.8 Å². The Balaban J connectivity index is 2.29. The minimum Gasteiger partial charge on any atom is -0.493 e. The van der Waals surface area contributed by atoms with E-state index in [9.17, 15) is 14.9 Å². The van der Waals surface area contributed by atoms with Crippen molar-refractivity contribution in [2.75, 3.05) is 25.6 Å². The van der Waals surface area contributed by atoms with Gasteiger partial charge in [0.15, 0.2) is 18.1 Å². The number of hydrogen-bond donors (Lipinski definition) is 1.